The topological polar surface area (TPSA) is 73.2 Å². The van der Waals surface area contributed by atoms with Crippen molar-refractivity contribution in [1.29, 1.82) is 5.26 Å². The van der Waals surface area contributed by atoms with Crippen LogP contribution in [-0.4, -0.2) is 69.6 Å². The smallest absolute Gasteiger partial charge is 0.259 e. The minimum Gasteiger partial charge on any atom is -0.379 e. The maximum absolute atomic E-state index is 8.68. The van der Waals surface area contributed by atoms with Crippen molar-refractivity contribution in [3.63, 3.8) is 0 Å². The largest absolute Gasteiger partial charge is 0.379 e. The van der Waals surface area contributed by atoms with Crippen LogP contribution in [0.3, 0.4) is 0 Å². The second-order valence-corrected chi connectivity index (χ2v) is 7.26. The first kappa shape index (κ1) is 24.7. The van der Waals surface area contributed by atoms with Gasteiger partial charge in [-0.2, -0.15) is 5.26 Å². The van der Waals surface area contributed by atoms with E-state index in [9.17, 15) is 0 Å². The quantitative estimate of drug-likeness (QED) is 0.284. The Hall–Kier alpha value is -0.320. The third kappa shape index (κ3) is 13.5. The number of hydrogen-bond acceptors (Lipinski definition) is 7. The van der Waals surface area contributed by atoms with Crippen LogP contribution in [0.2, 0.25) is 0 Å². The SMILES string of the molecule is CCOCCOCCOCCOP(OCCC#N)N(C(C)C)C(C)C. The minimum atomic E-state index is -1.19. The Bertz CT molecular complexity index is 331. The van der Waals surface area contributed by atoms with Crippen molar-refractivity contribution < 1.29 is 23.3 Å². The number of nitrogens with zero attached hydrogens (tertiary/aromatic N) is 2. The van der Waals surface area contributed by atoms with Gasteiger partial charge in [0.25, 0.3) is 8.53 Å². The lowest BCUT2D eigenvalue weighted by Gasteiger charge is -2.35. The van der Waals surface area contributed by atoms with Crippen LogP contribution in [0.1, 0.15) is 41.0 Å². The lowest BCUT2D eigenvalue weighted by molar-refractivity contribution is 0.0101. The predicted octanol–water partition coefficient (Wildman–Crippen LogP) is 3.35. The van der Waals surface area contributed by atoms with Gasteiger partial charge < -0.3 is 23.3 Å². The van der Waals surface area contributed by atoms with E-state index >= 15 is 0 Å². The molecule has 1 unspecified atom stereocenters. The first-order valence-electron chi connectivity index (χ1n) is 8.98. The van der Waals surface area contributed by atoms with E-state index in [1.54, 1.807) is 0 Å². The van der Waals surface area contributed by atoms with Crippen LogP contribution in [0.4, 0.5) is 0 Å². The number of rotatable bonds is 17. The molecule has 0 fully saturated rings. The van der Waals surface area contributed by atoms with Crippen LogP contribution in [0.15, 0.2) is 0 Å². The highest BCUT2D eigenvalue weighted by molar-refractivity contribution is 7.44. The highest BCUT2D eigenvalue weighted by Crippen LogP contribution is 2.45. The number of nitriles is 1. The summed E-state index contributed by atoms with van der Waals surface area (Å²) >= 11 is 0. The van der Waals surface area contributed by atoms with Crippen LogP contribution in [-0.2, 0) is 23.3 Å². The average Bonchev–Trinajstić information content (AvgIpc) is 2.55. The summed E-state index contributed by atoms with van der Waals surface area (Å²) in [6.45, 7) is 14.7. The van der Waals surface area contributed by atoms with Crippen LogP contribution < -0.4 is 0 Å². The molecule has 0 saturated heterocycles. The van der Waals surface area contributed by atoms with Gasteiger partial charge in [-0.3, -0.25) is 0 Å². The molecule has 0 aliphatic carbocycles. The van der Waals surface area contributed by atoms with E-state index in [-0.39, 0.29) is 0 Å². The van der Waals surface area contributed by atoms with Gasteiger partial charge >= 0.3 is 0 Å². The molecule has 7 nitrogen and oxygen atoms in total. The Morgan fingerprint density at radius 1 is 0.800 bits per heavy atom. The molecule has 0 aromatic heterocycles. The molecule has 148 valence electrons. The summed E-state index contributed by atoms with van der Waals surface area (Å²) in [7, 11) is -1.19. The van der Waals surface area contributed by atoms with E-state index in [1.807, 2.05) is 6.92 Å². The molecule has 0 N–H and O–H groups in total. The Morgan fingerprint density at radius 3 is 1.76 bits per heavy atom. The third-order valence-corrected chi connectivity index (χ3v) is 5.15. The zero-order chi connectivity index (χ0) is 18.9. The van der Waals surface area contributed by atoms with Crippen molar-refractivity contribution in [2.24, 2.45) is 0 Å². The molecule has 1 atom stereocenters. The van der Waals surface area contributed by atoms with Gasteiger partial charge in [-0.05, 0) is 34.6 Å². The van der Waals surface area contributed by atoms with Gasteiger partial charge in [-0.25, -0.2) is 4.67 Å². The van der Waals surface area contributed by atoms with Crippen LogP contribution >= 0.6 is 8.53 Å². The van der Waals surface area contributed by atoms with Gasteiger partial charge in [0, 0.05) is 18.7 Å². The average molecular weight is 378 g/mol. The predicted molar refractivity (Wildman–Crippen MR) is 99.3 cm³/mol. The molecule has 0 spiro atoms. The van der Waals surface area contributed by atoms with Gasteiger partial charge in [-0.15, -0.1) is 0 Å². The summed E-state index contributed by atoms with van der Waals surface area (Å²) in [4.78, 5) is 0. The summed E-state index contributed by atoms with van der Waals surface area (Å²) in [5.74, 6) is 0. The van der Waals surface area contributed by atoms with E-state index in [0.717, 1.165) is 0 Å². The molecular weight excluding hydrogens is 343 g/mol. The fraction of sp³-hybridized carbons (Fsp3) is 0.941. The summed E-state index contributed by atoms with van der Waals surface area (Å²) < 4.78 is 30.0. The van der Waals surface area contributed by atoms with E-state index < -0.39 is 8.53 Å². The Balaban J connectivity index is 3.99. The second kappa shape index (κ2) is 17.1. The zero-order valence-electron chi connectivity index (χ0n) is 16.4. The summed E-state index contributed by atoms with van der Waals surface area (Å²) in [6, 6.07) is 2.69. The minimum absolute atomic E-state index is 0.299. The molecule has 0 aromatic carbocycles. The Morgan fingerprint density at radius 2 is 1.28 bits per heavy atom. The summed E-state index contributed by atoms with van der Waals surface area (Å²) in [6.07, 6.45) is 0.363. The lowest BCUT2D eigenvalue weighted by Crippen LogP contribution is -2.34. The molecule has 0 rings (SSSR count). The van der Waals surface area contributed by atoms with E-state index in [4.69, 9.17) is 28.5 Å². The molecule has 0 aliphatic rings. The van der Waals surface area contributed by atoms with Crippen molar-refractivity contribution in [2.75, 3.05) is 52.9 Å². The van der Waals surface area contributed by atoms with Crippen molar-refractivity contribution in [2.45, 2.75) is 53.1 Å². The molecule has 0 aromatic rings. The maximum atomic E-state index is 8.68. The van der Waals surface area contributed by atoms with E-state index in [0.29, 0.717) is 71.4 Å². The molecule has 0 amide bonds. The fourth-order valence-corrected chi connectivity index (χ4v) is 3.65. The third-order valence-electron chi connectivity index (χ3n) is 3.04. The Kier molecular flexibility index (Phi) is 16.9. The number of hydrogen-bond donors (Lipinski definition) is 0. The van der Waals surface area contributed by atoms with Crippen molar-refractivity contribution >= 4 is 8.53 Å². The van der Waals surface area contributed by atoms with Gasteiger partial charge in [0.2, 0.25) is 0 Å². The second-order valence-electron chi connectivity index (χ2n) is 5.80. The first-order valence-corrected chi connectivity index (χ1v) is 10.1. The zero-order valence-corrected chi connectivity index (χ0v) is 17.3. The Labute approximate surface area is 154 Å². The van der Waals surface area contributed by atoms with Gasteiger partial charge in [-0.1, -0.05) is 0 Å². The van der Waals surface area contributed by atoms with Gasteiger partial charge in [0.15, 0.2) is 0 Å². The van der Waals surface area contributed by atoms with Crippen LogP contribution in [0, 0.1) is 11.3 Å². The molecule has 0 heterocycles. The monoisotopic (exact) mass is 378 g/mol. The standard InChI is InChI=1S/C17H35N2O5P/c1-6-20-10-11-21-12-13-22-14-15-24-25(23-9-7-8-18)19(16(2)3)17(4)5/h16-17H,6-7,9-15H2,1-5H3. The summed E-state index contributed by atoms with van der Waals surface area (Å²) in [5, 5.41) is 8.68. The molecule has 0 aliphatic heterocycles. The van der Waals surface area contributed by atoms with Crippen molar-refractivity contribution in [3.8, 4) is 6.07 Å². The van der Waals surface area contributed by atoms with E-state index in [1.165, 1.54) is 0 Å². The first-order chi connectivity index (χ1) is 12.0. The number of ether oxygens (including phenoxy) is 3. The van der Waals surface area contributed by atoms with Crippen molar-refractivity contribution in [1.82, 2.24) is 4.67 Å². The molecule has 0 bridgehead atoms. The molecule has 0 radical (unpaired) electrons. The molecule has 25 heavy (non-hydrogen) atoms. The normalized spacial score (nSPS) is 12.9. The van der Waals surface area contributed by atoms with Crippen LogP contribution in [0.5, 0.6) is 0 Å². The highest BCUT2D eigenvalue weighted by Gasteiger charge is 2.26. The fourth-order valence-electron chi connectivity index (χ4n) is 2.07. The molecular formula is C17H35N2O5P. The van der Waals surface area contributed by atoms with Gasteiger partial charge in [0.05, 0.1) is 58.7 Å². The lowest BCUT2D eigenvalue weighted by atomic mass is 10.3. The van der Waals surface area contributed by atoms with E-state index in [2.05, 4.69) is 38.4 Å². The summed E-state index contributed by atoms with van der Waals surface area (Å²) in [5.41, 5.74) is 0. The molecule has 8 heteroatoms. The highest BCUT2D eigenvalue weighted by atomic mass is 31.2. The maximum Gasteiger partial charge on any atom is 0.259 e. The molecule has 0 saturated carbocycles. The van der Waals surface area contributed by atoms with Crippen LogP contribution in [0.25, 0.3) is 0 Å². The van der Waals surface area contributed by atoms with Gasteiger partial charge in [0.1, 0.15) is 0 Å². The van der Waals surface area contributed by atoms with Crippen molar-refractivity contribution in [3.05, 3.63) is 0 Å².